The number of anilines is 1. The largest absolute Gasteiger partial charge is 0.379 e. The molecular weight excluding hydrogens is 260 g/mol. The molecule has 2 N–H and O–H groups in total. The van der Waals surface area contributed by atoms with Crippen LogP contribution in [0.2, 0.25) is 0 Å². The predicted octanol–water partition coefficient (Wildman–Crippen LogP) is 1.44. The van der Waals surface area contributed by atoms with Crippen molar-refractivity contribution in [2.75, 3.05) is 18.9 Å². The molecule has 6 heteroatoms. The number of nitrogen functional groups attached to an aromatic ring is 1. The Balaban J connectivity index is 1.66. The van der Waals surface area contributed by atoms with Gasteiger partial charge < -0.3 is 10.5 Å². The van der Waals surface area contributed by atoms with Crippen LogP contribution in [0, 0.1) is 5.92 Å². The Morgan fingerprint density at radius 1 is 1.53 bits per heavy atom. The first-order valence-corrected chi connectivity index (χ1v) is 5.98. The smallest absolute Gasteiger partial charge is 0.240 e. The summed E-state index contributed by atoms with van der Waals surface area (Å²) in [6.07, 6.45) is 4.00. The molecule has 1 fully saturated rings. The van der Waals surface area contributed by atoms with E-state index in [1.807, 2.05) is 0 Å². The van der Waals surface area contributed by atoms with Crippen molar-refractivity contribution in [1.82, 2.24) is 14.8 Å². The summed E-state index contributed by atoms with van der Waals surface area (Å²) in [5.41, 5.74) is 5.45. The number of hydrogen-bond donors (Lipinski definition) is 1. The zero-order valence-corrected chi connectivity index (χ0v) is 10.1. The number of ether oxygens (including phenoxy) is 1. The van der Waals surface area contributed by atoms with E-state index in [2.05, 4.69) is 26.0 Å². The molecule has 0 saturated heterocycles. The third kappa shape index (κ3) is 2.92. The molecule has 0 radical (unpaired) electrons. The van der Waals surface area contributed by atoms with E-state index in [1.54, 1.807) is 4.68 Å². The Hall–Kier alpha value is -0.620. The van der Waals surface area contributed by atoms with Gasteiger partial charge in [-0.3, -0.25) is 0 Å². The van der Waals surface area contributed by atoms with Gasteiger partial charge in [-0.05, 0) is 34.7 Å². The van der Waals surface area contributed by atoms with Gasteiger partial charge in [0.1, 0.15) is 0 Å². The fourth-order valence-electron chi connectivity index (χ4n) is 1.54. The van der Waals surface area contributed by atoms with E-state index >= 15 is 0 Å². The lowest BCUT2D eigenvalue weighted by Gasteiger charge is -2.24. The number of halogens is 1. The van der Waals surface area contributed by atoms with Crippen molar-refractivity contribution >= 4 is 21.9 Å². The van der Waals surface area contributed by atoms with E-state index < -0.39 is 0 Å². The van der Waals surface area contributed by atoms with Crippen LogP contribution in [0.5, 0.6) is 0 Å². The van der Waals surface area contributed by atoms with Crippen molar-refractivity contribution in [3.63, 3.8) is 0 Å². The maximum atomic E-state index is 5.56. The number of nitrogens with zero attached hydrogens (tertiary/aromatic N) is 3. The Bertz CT molecular complexity index is 324. The molecule has 0 amide bonds. The van der Waals surface area contributed by atoms with E-state index in [-0.39, 0.29) is 0 Å². The fourth-order valence-corrected chi connectivity index (χ4v) is 1.98. The van der Waals surface area contributed by atoms with Gasteiger partial charge in [0.15, 0.2) is 4.73 Å². The highest BCUT2D eigenvalue weighted by Gasteiger charge is 2.17. The van der Waals surface area contributed by atoms with Crippen molar-refractivity contribution in [3.8, 4) is 0 Å². The maximum absolute atomic E-state index is 5.56. The minimum Gasteiger partial charge on any atom is -0.379 e. The van der Waals surface area contributed by atoms with E-state index in [4.69, 9.17) is 10.5 Å². The van der Waals surface area contributed by atoms with E-state index in [9.17, 15) is 0 Å². The first-order valence-electron chi connectivity index (χ1n) is 5.19. The van der Waals surface area contributed by atoms with Crippen LogP contribution in [0.25, 0.3) is 0 Å². The number of nitrogens with two attached hydrogens (primary N) is 1. The quantitative estimate of drug-likeness (QED) is 0.826. The Morgan fingerprint density at radius 3 is 2.87 bits per heavy atom. The molecule has 0 atom stereocenters. The highest BCUT2D eigenvalue weighted by Crippen LogP contribution is 2.26. The number of aromatic nitrogens is 3. The molecule has 1 aliphatic rings. The van der Waals surface area contributed by atoms with Crippen LogP contribution in [0.4, 0.5) is 5.95 Å². The molecule has 0 aliphatic heterocycles. The first-order chi connectivity index (χ1) is 7.25. The molecule has 2 rings (SSSR count). The topological polar surface area (TPSA) is 66.0 Å². The van der Waals surface area contributed by atoms with Crippen molar-refractivity contribution in [1.29, 1.82) is 0 Å². The molecule has 1 heterocycles. The van der Waals surface area contributed by atoms with E-state index in [0.29, 0.717) is 23.8 Å². The summed E-state index contributed by atoms with van der Waals surface area (Å²) in [6.45, 7) is 2.23. The molecule has 1 aliphatic carbocycles. The molecular formula is C9H15BrN4O. The van der Waals surface area contributed by atoms with Crippen LogP contribution in [0.1, 0.15) is 19.3 Å². The van der Waals surface area contributed by atoms with Crippen LogP contribution in [-0.4, -0.2) is 28.0 Å². The fraction of sp³-hybridized carbons (Fsp3) is 0.778. The molecule has 1 aromatic heterocycles. The third-order valence-corrected chi connectivity index (χ3v) is 3.26. The Kier molecular flexibility index (Phi) is 3.58. The summed E-state index contributed by atoms with van der Waals surface area (Å²) >= 11 is 3.28. The molecule has 15 heavy (non-hydrogen) atoms. The molecule has 84 valence electrons. The average molecular weight is 275 g/mol. The molecule has 1 aromatic rings. The van der Waals surface area contributed by atoms with Crippen LogP contribution in [-0.2, 0) is 11.3 Å². The van der Waals surface area contributed by atoms with Gasteiger partial charge in [-0.2, -0.15) is 4.98 Å². The van der Waals surface area contributed by atoms with E-state index in [1.165, 1.54) is 19.3 Å². The second kappa shape index (κ2) is 4.94. The van der Waals surface area contributed by atoms with Gasteiger partial charge in [0.2, 0.25) is 5.95 Å². The van der Waals surface area contributed by atoms with Gasteiger partial charge in [0, 0.05) is 6.61 Å². The SMILES string of the molecule is Nc1nc(Br)n(CCOCC2CCC2)n1. The summed E-state index contributed by atoms with van der Waals surface area (Å²) in [5.74, 6) is 1.08. The number of hydrogen-bond acceptors (Lipinski definition) is 4. The summed E-state index contributed by atoms with van der Waals surface area (Å²) < 4.78 is 7.92. The zero-order valence-electron chi connectivity index (χ0n) is 8.53. The van der Waals surface area contributed by atoms with Crippen LogP contribution < -0.4 is 5.73 Å². The first kappa shape index (κ1) is 10.9. The van der Waals surface area contributed by atoms with Gasteiger partial charge >= 0.3 is 0 Å². The van der Waals surface area contributed by atoms with Gasteiger partial charge in [-0.15, -0.1) is 5.10 Å². The predicted molar refractivity (Wildman–Crippen MR) is 60.3 cm³/mol. The minimum absolute atomic E-state index is 0.292. The Morgan fingerprint density at radius 2 is 2.33 bits per heavy atom. The average Bonchev–Trinajstić information content (AvgIpc) is 2.42. The molecule has 0 aromatic carbocycles. The number of rotatable bonds is 5. The third-order valence-electron chi connectivity index (χ3n) is 2.67. The van der Waals surface area contributed by atoms with Crippen molar-refractivity contribution in [3.05, 3.63) is 4.73 Å². The zero-order chi connectivity index (χ0) is 10.7. The Labute approximate surface area is 97.1 Å². The standard InChI is InChI=1S/C9H15BrN4O/c10-8-12-9(11)13-14(8)4-5-15-6-7-2-1-3-7/h7H,1-6H2,(H2,11,13). The second-order valence-corrected chi connectivity index (χ2v) is 4.54. The van der Waals surface area contributed by atoms with Crippen LogP contribution in [0.3, 0.4) is 0 Å². The molecule has 0 unspecified atom stereocenters. The van der Waals surface area contributed by atoms with Crippen molar-refractivity contribution in [2.24, 2.45) is 5.92 Å². The summed E-state index contributed by atoms with van der Waals surface area (Å²) in [5, 5.41) is 4.02. The van der Waals surface area contributed by atoms with Gasteiger partial charge in [0.05, 0.1) is 13.2 Å². The monoisotopic (exact) mass is 274 g/mol. The lowest BCUT2D eigenvalue weighted by Crippen LogP contribution is -2.19. The van der Waals surface area contributed by atoms with Crippen molar-refractivity contribution in [2.45, 2.75) is 25.8 Å². The maximum Gasteiger partial charge on any atom is 0.240 e. The summed E-state index contributed by atoms with van der Waals surface area (Å²) in [4.78, 5) is 3.94. The highest BCUT2D eigenvalue weighted by atomic mass is 79.9. The van der Waals surface area contributed by atoms with Gasteiger partial charge in [-0.25, -0.2) is 4.68 Å². The van der Waals surface area contributed by atoms with Crippen LogP contribution >= 0.6 is 15.9 Å². The highest BCUT2D eigenvalue weighted by molar-refractivity contribution is 9.10. The summed E-state index contributed by atoms with van der Waals surface area (Å²) in [7, 11) is 0. The molecule has 0 bridgehead atoms. The second-order valence-electron chi connectivity index (χ2n) is 3.83. The normalized spacial score (nSPS) is 16.6. The van der Waals surface area contributed by atoms with Crippen LogP contribution in [0.15, 0.2) is 4.73 Å². The van der Waals surface area contributed by atoms with E-state index in [0.717, 1.165) is 12.5 Å². The lowest BCUT2D eigenvalue weighted by molar-refractivity contribution is 0.0638. The van der Waals surface area contributed by atoms with Gasteiger partial charge in [0.25, 0.3) is 0 Å². The molecule has 5 nitrogen and oxygen atoms in total. The van der Waals surface area contributed by atoms with Gasteiger partial charge in [-0.1, -0.05) is 6.42 Å². The molecule has 0 spiro atoms. The lowest BCUT2D eigenvalue weighted by atomic mass is 9.86. The van der Waals surface area contributed by atoms with Crippen molar-refractivity contribution < 1.29 is 4.74 Å². The molecule has 1 saturated carbocycles. The minimum atomic E-state index is 0.292. The summed E-state index contributed by atoms with van der Waals surface area (Å²) in [6, 6.07) is 0.